The Morgan fingerprint density at radius 3 is 2.69 bits per heavy atom. The maximum absolute atomic E-state index is 12.7. The zero-order chi connectivity index (χ0) is 22.9. The van der Waals surface area contributed by atoms with Gasteiger partial charge in [-0.3, -0.25) is 14.3 Å². The number of aryl methyl sites for hydroxylation is 1. The van der Waals surface area contributed by atoms with Crippen LogP contribution in [0.25, 0.3) is 6.08 Å². The zero-order valence-electron chi connectivity index (χ0n) is 18.2. The number of amides is 2. The standard InChI is InChI=1S/C25H27N5O2/c1-4-7-20(5-2)21-8-6-16-30(17-14-21)24(31)12-10-19-9-11-23(26-18-19)28-25(32)22-13-15-27-29(22)3/h4-5,7-13,15,18H,1-2,6,14,16-17H2,3H3,(H,26,28,32)/b12-10+,20-7+. The quantitative estimate of drug-likeness (QED) is 0.534. The summed E-state index contributed by atoms with van der Waals surface area (Å²) in [4.78, 5) is 31.0. The van der Waals surface area contributed by atoms with E-state index in [-0.39, 0.29) is 11.8 Å². The van der Waals surface area contributed by atoms with E-state index in [2.05, 4.69) is 34.6 Å². The number of allylic oxidation sites excluding steroid dienone is 4. The number of pyridine rings is 1. The molecule has 1 aliphatic rings. The van der Waals surface area contributed by atoms with Crippen LogP contribution in [0.2, 0.25) is 0 Å². The molecule has 1 N–H and O–H groups in total. The molecule has 3 rings (SSSR count). The van der Waals surface area contributed by atoms with E-state index in [9.17, 15) is 9.59 Å². The first-order chi connectivity index (χ1) is 15.5. The molecule has 32 heavy (non-hydrogen) atoms. The fraction of sp³-hybridized carbons (Fsp3) is 0.200. The molecule has 0 spiro atoms. The van der Waals surface area contributed by atoms with Crippen molar-refractivity contribution >= 4 is 23.7 Å². The molecule has 3 heterocycles. The molecule has 0 saturated heterocycles. The van der Waals surface area contributed by atoms with Crippen molar-refractivity contribution in [2.45, 2.75) is 12.8 Å². The molecule has 0 radical (unpaired) electrons. The molecule has 0 bridgehead atoms. The summed E-state index contributed by atoms with van der Waals surface area (Å²) in [6.45, 7) is 8.92. The van der Waals surface area contributed by atoms with Crippen molar-refractivity contribution in [3.8, 4) is 0 Å². The van der Waals surface area contributed by atoms with Crippen LogP contribution in [0.5, 0.6) is 0 Å². The van der Waals surface area contributed by atoms with Crippen molar-refractivity contribution in [1.82, 2.24) is 19.7 Å². The summed E-state index contributed by atoms with van der Waals surface area (Å²) in [5.74, 6) is 0.102. The maximum Gasteiger partial charge on any atom is 0.275 e. The third kappa shape index (κ3) is 5.78. The number of nitrogens with zero attached hydrogens (tertiary/aromatic N) is 4. The average Bonchev–Trinajstić information content (AvgIpc) is 3.08. The van der Waals surface area contributed by atoms with Gasteiger partial charge in [0.1, 0.15) is 11.5 Å². The largest absolute Gasteiger partial charge is 0.339 e. The first-order valence-corrected chi connectivity index (χ1v) is 10.4. The molecule has 0 aromatic carbocycles. The smallest absolute Gasteiger partial charge is 0.275 e. The molecular formula is C25H27N5O2. The lowest BCUT2D eigenvalue weighted by atomic mass is 10.0. The van der Waals surface area contributed by atoms with Crippen LogP contribution in [-0.2, 0) is 11.8 Å². The highest BCUT2D eigenvalue weighted by atomic mass is 16.2. The Bertz CT molecular complexity index is 1090. The van der Waals surface area contributed by atoms with E-state index >= 15 is 0 Å². The molecule has 2 aromatic heterocycles. The minimum absolute atomic E-state index is 0.0407. The number of rotatable bonds is 7. The van der Waals surface area contributed by atoms with E-state index < -0.39 is 0 Å². The number of hydrogen-bond donors (Lipinski definition) is 1. The van der Waals surface area contributed by atoms with E-state index in [0.29, 0.717) is 24.6 Å². The van der Waals surface area contributed by atoms with E-state index in [0.717, 1.165) is 24.0 Å². The molecular weight excluding hydrogens is 402 g/mol. The van der Waals surface area contributed by atoms with Crippen molar-refractivity contribution in [2.24, 2.45) is 7.05 Å². The molecule has 0 fully saturated rings. The second-order valence-corrected chi connectivity index (χ2v) is 7.26. The maximum atomic E-state index is 12.7. The Morgan fingerprint density at radius 1 is 1.19 bits per heavy atom. The summed E-state index contributed by atoms with van der Waals surface area (Å²) in [7, 11) is 1.70. The van der Waals surface area contributed by atoms with Gasteiger partial charge >= 0.3 is 0 Å². The summed E-state index contributed by atoms with van der Waals surface area (Å²) in [6.07, 6.45) is 15.7. The Kier molecular flexibility index (Phi) is 7.70. The second-order valence-electron chi connectivity index (χ2n) is 7.26. The number of carbonyl (C=O) groups is 2. The minimum atomic E-state index is -0.285. The van der Waals surface area contributed by atoms with Gasteiger partial charge in [-0.15, -0.1) is 0 Å². The van der Waals surface area contributed by atoms with Gasteiger partial charge in [0.15, 0.2) is 0 Å². The predicted molar refractivity (Wildman–Crippen MR) is 127 cm³/mol. The van der Waals surface area contributed by atoms with Crippen LogP contribution in [0.15, 0.2) is 85.3 Å². The second kappa shape index (κ2) is 10.9. The molecule has 0 saturated carbocycles. The van der Waals surface area contributed by atoms with Gasteiger partial charge in [0.25, 0.3) is 5.91 Å². The monoisotopic (exact) mass is 429 g/mol. The number of anilines is 1. The summed E-state index contributed by atoms with van der Waals surface area (Å²) in [6, 6.07) is 5.13. The molecule has 1 aliphatic heterocycles. The van der Waals surface area contributed by atoms with Crippen LogP contribution in [0.3, 0.4) is 0 Å². The van der Waals surface area contributed by atoms with Crippen molar-refractivity contribution in [3.63, 3.8) is 0 Å². The first-order valence-electron chi connectivity index (χ1n) is 10.4. The van der Waals surface area contributed by atoms with Crippen LogP contribution >= 0.6 is 0 Å². The van der Waals surface area contributed by atoms with E-state index in [1.165, 1.54) is 10.3 Å². The lowest BCUT2D eigenvalue weighted by Crippen LogP contribution is -2.30. The van der Waals surface area contributed by atoms with Crippen molar-refractivity contribution in [2.75, 3.05) is 18.4 Å². The third-order valence-corrected chi connectivity index (χ3v) is 5.14. The Balaban J connectivity index is 1.56. The highest BCUT2D eigenvalue weighted by Crippen LogP contribution is 2.20. The van der Waals surface area contributed by atoms with Crippen LogP contribution in [-0.4, -0.2) is 44.6 Å². The predicted octanol–water partition coefficient (Wildman–Crippen LogP) is 3.93. The number of hydrogen-bond acceptors (Lipinski definition) is 4. The van der Waals surface area contributed by atoms with Crippen molar-refractivity contribution < 1.29 is 9.59 Å². The Labute approximate surface area is 188 Å². The molecule has 164 valence electrons. The van der Waals surface area contributed by atoms with Crippen LogP contribution in [0, 0.1) is 0 Å². The fourth-order valence-corrected chi connectivity index (χ4v) is 3.41. The molecule has 2 amide bonds. The zero-order valence-corrected chi connectivity index (χ0v) is 18.2. The molecule has 7 nitrogen and oxygen atoms in total. The van der Waals surface area contributed by atoms with Crippen LogP contribution in [0.1, 0.15) is 28.9 Å². The van der Waals surface area contributed by atoms with Gasteiger partial charge < -0.3 is 10.2 Å². The molecule has 0 unspecified atom stereocenters. The van der Waals surface area contributed by atoms with Gasteiger partial charge in [-0.2, -0.15) is 5.10 Å². The van der Waals surface area contributed by atoms with Crippen LogP contribution in [0.4, 0.5) is 5.82 Å². The Hall–Kier alpha value is -4.00. The van der Waals surface area contributed by atoms with Gasteiger partial charge in [0.05, 0.1) is 0 Å². The fourth-order valence-electron chi connectivity index (χ4n) is 3.41. The topological polar surface area (TPSA) is 80.1 Å². The summed E-state index contributed by atoms with van der Waals surface area (Å²) in [5.41, 5.74) is 3.45. The molecule has 0 atom stereocenters. The molecule has 2 aromatic rings. The van der Waals surface area contributed by atoms with Crippen LogP contribution < -0.4 is 5.32 Å². The summed E-state index contributed by atoms with van der Waals surface area (Å²) >= 11 is 0. The van der Waals surface area contributed by atoms with E-state index in [4.69, 9.17) is 0 Å². The summed E-state index contributed by atoms with van der Waals surface area (Å²) < 4.78 is 1.49. The van der Waals surface area contributed by atoms with Crippen molar-refractivity contribution in [3.05, 3.63) is 96.5 Å². The van der Waals surface area contributed by atoms with E-state index in [1.54, 1.807) is 55.9 Å². The van der Waals surface area contributed by atoms with Gasteiger partial charge in [-0.1, -0.05) is 37.5 Å². The number of carbonyl (C=O) groups excluding carboxylic acids is 2. The van der Waals surface area contributed by atoms with Gasteiger partial charge in [0.2, 0.25) is 5.91 Å². The van der Waals surface area contributed by atoms with Gasteiger partial charge in [-0.25, -0.2) is 4.98 Å². The normalized spacial score (nSPS) is 14.6. The van der Waals surface area contributed by atoms with Crippen molar-refractivity contribution in [1.29, 1.82) is 0 Å². The third-order valence-electron chi connectivity index (χ3n) is 5.14. The SMILES string of the molecule is C=C/C=C(\C=C)C1=CCCN(C(=O)/C=C/c2ccc(NC(=O)c3ccnn3C)nc2)CC1. The number of aromatic nitrogens is 3. The van der Waals surface area contributed by atoms with Gasteiger partial charge in [-0.05, 0) is 53.8 Å². The molecule has 0 aliphatic carbocycles. The number of nitrogens with one attached hydrogen (secondary N) is 1. The average molecular weight is 430 g/mol. The van der Waals surface area contributed by atoms with Gasteiger partial charge in [0, 0.05) is 38.6 Å². The molecule has 7 heteroatoms. The lowest BCUT2D eigenvalue weighted by Gasteiger charge is -2.18. The summed E-state index contributed by atoms with van der Waals surface area (Å²) in [5, 5.41) is 6.71. The first kappa shape index (κ1) is 22.7. The Morgan fingerprint density at radius 2 is 2.03 bits per heavy atom. The highest BCUT2D eigenvalue weighted by Gasteiger charge is 2.15. The minimum Gasteiger partial charge on any atom is -0.339 e. The van der Waals surface area contributed by atoms with E-state index in [1.807, 2.05) is 17.1 Å². The highest BCUT2D eigenvalue weighted by molar-refractivity contribution is 6.02. The lowest BCUT2D eigenvalue weighted by molar-refractivity contribution is -0.125.